The molecule has 4 rings (SSSR count). The minimum absolute atomic E-state index is 0.181. The summed E-state index contributed by atoms with van der Waals surface area (Å²) in [6.45, 7) is 5.83. The van der Waals surface area contributed by atoms with Gasteiger partial charge in [-0.25, -0.2) is 15.0 Å². The number of allylic oxidation sites excluding steroid dienone is 1. The van der Waals surface area contributed by atoms with Gasteiger partial charge in [-0.3, -0.25) is 4.79 Å². The number of nitrogens with zero attached hydrogens (tertiary/aromatic N) is 1. The largest absolute Gasteiger partial charge is 0.493 e. The van der Waals surface area contributed by atoms with Crippen LogP contribution in [0.5, 0.6) is 23.0 Å². The molecule has 3 aromatic rings. The van der Waals surface area contributed by atoms with Gasteiger partial charge < -0.3 is 34.3 Å². The normalized spacial score (nSPS) is 14.3. The summed E-state index contributed by atoms with van der Waals surface area (Å²) in [5, 5.41) is 9.38. The van der Waals surface area contributed by atoms with Gasteiger partial charge in [0, 0.05) is 5.70 Å². The second-order valence-corrected chi connectivity index (χ2v) is 10.7. The maximum Gasteiger partial charge on any atom is 0.338 e. The van der Waals surface area contributed by atoms with Gasteiger partial charge in [0.1, 0.15) is 6.61 Å². The zero-order valence-electron chi connectivity index (χ0n) is 25.8. The highest BCUT2D eigenvalue weighted by molar-refractivity contribution is 9.10. The Morgan fingerprint density at radius 1 is 0.978 bits per heavy atom. The molecule has 0 bridgehead atoms. The first kappa shape index (κ1) is 33.8. The molecule has 0 aromatic heterocycles. The molecular weight excluding hydrogens is 660 g/mol. The van der Waals surface area contributed by atoms with Crippen LogP contribution >= 0.6 is 15.9 Å². The monoisotopic (exact) mass is 694 g/mol. The zero-order valence-corrected chi connectivity index (χ0v) is 27.4. The number of methoxy groups -OCH3 is 1. The SMILES string of the molecule is CCOC(=O)C1=C(C)NC(=O)N[C@@H]1c1ccc(OCC(=O)N/N=C\c2cc(Br)c(OCc3ccccc3)c(OCC)c2)c(OC)c1. The Morgan fingerprint density at radius 3 is 2.48 bits per heavy atom. The molecule has 0 fully saturated rings. The van der Waals surface area contributed by atoms with Gasteiger partial charge in [-0.2, -0.15) is 5.10 Å². The Morgan fingerprint density at radius 2 is 1.76 bits per heavy atom. The lowest BCUT2D eigenvalue weighted by Gasteiger charge is -2.28. The first-order chi connectivity index (χ1) is 22.2. The van der Waals surface area contributed by atoms with Crippen LogP contribution in [-0.4, -0.2) is 51.1 Å². The average molecular weight is 696 g/mol. The molecule has 1 aliphatic heterocycles. The lowest BCUT2D eigenvalue weighted by Crippen LogP contribution is -2.45. The number of carbonyl (C=O) groups excluding carboxylic acids is 3. The Balaban J connectivity index is 1.39. The van der Waals surface area contributed by atoms with Crippen LogP contribution in [0.4, 0.5) is 4.79 Å². The van der Waals surface area contributed by atoms with Crippen LogP contribution in [0, 0.1) is 0 Å². The molecule has 0 spiro atoms. The predicted octanol–water partition coefficient (Wildman–Crippen LogP) is 5.16. The van der Waals surface area contributed by atoms with Gasteiger partial charge in [-0.1, -0.05) is 36.4 Å². The van der Waals surface area contributed by atoms with Crippen LogP contribution in [0.2, 0.25) is 0 Å². The van der Waals surface area contributed by atoms with Crippen molar-refractivity contribution in [3.05, 3.63) is 93.1 Å². The fourth-order valence-corrected chi connectivity index (χ4v) is 5.13. The van der Waals surface area contributed by atoms with Crippen molar-refractivity contribution in [2.75, 3.05) is 26.9 Å². The molecule has 3 N–H and O–H groups in total. The van der Waals surface area contributed by atoms with Gasteiger partial charge in [0.25, 0.3) is 5.91 Å². The molecule has 0 saturated heterocycles. The first-order valence-electron chi connectivity index (χ1n) is 14.4. The number of amides is 3. The summed E-state index contributed by atoms with van der Waals surface area (Å²) in [6, 6.07) is 17.0. The third-order valence-corrected chi connectivity index (χ3v) is 7.19. The quantitative estimate of drug-likeness (QED) is 0.119. The minimum atomic E-state index is -0.777. The summed E-state index contributed by atoms with van der Waals surface area (Å²) in [7, 11) is 1.44. The van der Waals surface area contributed by atoms with E-state index >= 15 is 0 Å². The highest BCUT2D eigenvalue weighted by Gasteiger charge is 2.32. The lowest BCUT2D eigenvalue weighted by molar-refractivity contribution is -0.139. The van der Waals surface area contributed by atoms with E-state index in [1.54, 1.807) is 44.2 Å². The number of hydrazone groups is 1. The number of halogens is 1. The number of benzene rings is 3. The molecule has 1 heterocycles. The zero-order chi connectivity index (χ0) is 33.1. The summed E-state index contributed by atoms with van der Waals surface area (Å²) in [5.74, 6) is 0.603. The van der Waals surface area contributed by atoms with Crippen molar-refractivity contribution in [3.8, 4) is 23.0 Å². The topological polar surface area (TPSA) is 146 Å². The van der Waals surface area contributed by atoms with E-state index < -0.39 is 23.9 Å². The Hall–Kier alpha value is -5.04. The van der Waals surface area contributed by atoms with E-state index in [-0.39, 0.29) is 24.5 Å². The van der Waals surface area contributed by atoms with Crippen LogP contribution in [0.1, 0.15) is 43.5 Å². The van der Waals surface area contributed by atoms with Crippen molar-refractivity contribution in [2.45, 2.75) is 33.4 Å². The molecule has 46 heavy (non-hydrogen) atoms. The molecule has 12 nitrogen and oxygen atoms in total. The van der Waals surface area contributed by atoms with E-state index in [1.165, 1.54) is 13.3 Å². The van der Waals surface area contributed by atoms with Crippen LogP contribution in [0.25, 0.3) is 0 Å². The summed E-state index contributed by atoms with van der Waals surface area (Å²) in [5.41, 5.74) is 5.34. The standard InChI is InChI=1S/C33H35BrN4O8/c1-5-43-27-15-22(14-24(34)31(27)46-18-21-10-8-7-9-11-21)17-35-38-28(39)19-45-25-13-12-23(16-26(25)42-4)30-29(32(40)44-6-2)20(3)36-33(41)37-30/h7-17,30H,5-6,18-19H2,1-4H3,(H,38,39)(H2,36,37,41)/b35-17-/t30-/m1/s1. The molecule has 3 amide bonds. The van der Waals surface area contributed by atoms with Gasteiger partial charge in [-0.15, -0.1) is 0 Å². The molecule has 1 aliphatic rings. The van der Waals surface area contributed by atoms with E-state index in [0.717, 1.165) is 5.56 Å². The summed E-state index contributed by atoms with van der Waals surface area (Å²) >= 11 is 3.55. The van der Waals surface area contributed by atoms with Crippen molar-refractivity contribution in [2.24, 2.45) is 5.10 Å². The molecule has 0 radical (unpaired) electrons. The molecule has 0 saturated carbocycles. The van der Waals surface area contributed by atoms with Crippen LogP contribution in [0.15, 0.2) is 81.5 Å². The number of esters is 1. The molecule has 1 atom stereocenters. The molecule has 242 valence electrons. The number of rotatable bonds is 14. The third kappa shape index (κ3) is 8.78. The van der Waals surface area contributed by atoms with Crippen molar-refractivity contribution >= 4 is 40.1 Å². The summed E-state index contributed by atoms with van der Waals surface area (Å²) in [6.07, 6.45) is 1.48. The molecule has 0 aliphatic carbocycles. The molecule has 13 heteroatoms. The van der Waals surface area contributed by atoms with E-state index in [9.17, 15) is 14.4 Å². The van der Waals surface area contributed by atoms with E-state index in [0.29, 0.717) is 51.8 Å². The van der Waals surface area contributed by atoms with Gasteiger partial charge in [0.05, 0.1) is 42.6 Å². The smallest absolute Gasteiger partial charge is 0.338 e. The second-order valence-electron chi connectivity index (χ2n) is 9.82. The number of hydrogen-bond donors (Lipinski definition) is 3. The number of nitrogens with one attached hydrogen (secondary N) is 3. The highest BCUT2D eigenvalue weighted by Crippen LogP contribution is 2.37. The van der Waals surface area contributed by atoms with Crippen molar-refractivity contribution < 1.29 is 38.1 Å². The minimum Gasteiger partial charge on any atom is -0.493 e. The average Bonchev–Trinajstić information content (AvgIpc) is 3.03. The Kier molecular flexibility index (Phi) is 12.0. The maximum atomic E-state index is 12.6. The van der Waals surface area contributed by atoms with Crippen molar-refractivity contribution in [3.63, 3.8) is 0 Å². The lowest BCUT2D eigenvalue weighted by atomic mass is 9.95. The van der Waals surface area contributed by atoms with Gasteiger partial charge in [0.15, 0.2) is 29.6 Å². The van der Waals surface area contributed by atoms with E-state index in [1.807, 2.05) is 37.3 Å². The van der Waals surface area contributed by atoms with Crippen molar-refractivity contribution in [1.29, 1.82) is 0 Å². The van der Waals surface area contributed by atoms with Gasteiger partial charge in [-0.05, 0) is 77.7 Å². The predicted molar refractivity (Wildman–Crippen MR) is 174 cm³/mol. The molecular formula is C33H35BrN4O8. The number of hydrogen-bond acceptors (Lipinski definition) is 9. The Labute approximate surface area is 275 Å². The molecule has 3 aromatic carbocycles. The summed E-state index contributed by atoms with van der Waals surface area (Å²) in [4.78, 5) is 37.3. The first-order valence-corrected chi connectivity index (χ1v) is 15.2. The van der Waals surface area contributed by atoms with E-state index in [4.69, 9.17) is 23.7 Å². The van der Waals surface area contributed by atoms with Gasteiger partial charge >= 0.3 is 12.0 Å². The van der Waals surface area contributed by atoms with Crippen molar-refractivity contribution in [1.82, 2.24) is 16.1 Å². The number of urea groups is 1. The van der Waals surface area contributed by atoms with E-state index in [2.05, 4.69) is 37.1 Å². The highest BCUT2D eigenvalue weighted by atomic mass is 79.9. The fourth-order valence-electron chi connectivity index (χ4n) is 4.56. The second kappa shape index (κ2) is 16.3. The maximum absolute atomic E-state index is 12.6. The third-order valence-electron chi connectivity index (χ3n) is 6.60. The van der Waals surface area contributed by atoms with Crippen LogP contribution < -0.4 is 35.0 Å². The number of carbonyl (C=O) groups is 3. The molecule has 0 unspecified atom stereocenters. The number of ether oxygens (including phenoxy) is 5. The van der Waals surface area contributed by atoms with Gasteiger partial charge in [0.2, 0.25) is 0 Å². The van der Waals surface area contributed by atoms with Crippen LogP contribution in [0.3, 0.4) is 0 Å². The summed E-state index contributed by atoms with van der Waals surface area (Å²) < 4.78 is 28.8. The van der Waals surface area contributed by atoms with Crippen LogP contribution in [-0.2, 0) is 20.9 Å². The fraction of sp³-hybridized carbons (Fsp3) is 0.273. The Bertz CT molecular complexity index is 1630.